The lowest BCUT2D eigenvalue weighted by molar-refractivity contribution is -0.149. The van der Waals surface area contributed by atoms with Gasteiger partial charge in [0.2, 0.25) is 0 Å². The molecule has 1 fully saturated rings. The van der Waals surface area contributed by atoms with Crippen LogP contribution in [-0.4, -0.2) is 46.5 Å². The number of para-hydroxylation sites is 2. The van der Waals surface area contributed by atoms with Crippen molar-refractivity contribution in [2.45, 2.75) is 51.9 Å². The second-order valence-corrected chi connectivity index (χ2v) is 10.1. The molecule has 3 aromatic rings. The Hall–Kier alpha value is -3.96. The zero-order chi connectivity index (χ0) is 26.7. The van der Waals surface area contributed by atoms with Gasteiger partial charge in [-0.05, 0) is 89.5 Å². The largest absolute Gasteiger partial charge is 0.444 e. The summed E-state index contributed by atoms with van der Waals surface area (Å²) in [4.78, 5) is 23.5. The molecule has 1 amide bonds. The highest BCUT2D eigenvalue weighted by Crippen LogP contribution is 2.50. The predicted molar refractivity (Wildman–Crippen MR) is 143 cm³/mol. The van der Waals surface area contributed by atoms with Gasteiger partial charge in [0.15, 0.2) is 11.5 Å². The fraction of sp³-hybridized carbons (Fsp3) is 0.400. The van der Waals surface area contributed by atoms with E-state index in [1.54, 1.807) is 0 Å². The quantitative estimate of drug-likeness (QED) is 0.498. The van der Waals surface area contributed by atoms with Gasteiger partial charge in [-0.15, -0.1) is 0 Å². The van der Waals surface area contributed by atoms with E-state index in [1.807, 2.05) is 62.4 Å². The third kappa shape index (κ3) is 4.94. The van der Waals surface area contributed by atoms with Gasteiger partial charge in [0, 0.05) is 24.1 Å². The number of fused-ring (bicyclic) bond motifs is 1. The molecule has 1 saturated heterocycles. The number of piperidine rings is 1. The smallest absolute Gasteiger partial charge is 0.281 e. The van der Waals surface area contributed by atoms with Crippen LogP contribution in [0.4, 0.5) is 0 Å². The van der Waals surface area contributed by atoms with Gasteiger partial charge in [-0.25, -0.2) is 9.97 Å². The Kier molecular flexibility index (Phi) is 7.30. The van der Waals surface area contributed by atoms with Crippen LogP contribution >= 0.6 is 0 Å². The molecule has 8 nitrogen and oxygen atoms in total. The fourth-order valence-electron chi connectivity index (χ4n) is 5.57. The number of nitriles is 1. The molecule has 0 bridgehead atoms. The summed E-state index contributed by atoms with van der Waals surface area (Å²) < 4.78 is 13.1. The minimum Gasteiger partial charge on any atom is -0.444 e. The number of nitrogens with one attached hydrogen (secondary N) is 1. The van der Waals surface area contributed by atoms with Crippen molar-refractivity contribution in [1.82, 2.24) is 20.2 Å². The van der Waals surface area contributed by atoms with Crippen molar-refractivity contribution in [3.63, 3.8) is 0 Å². The molecular formula is C30H33N5O3. The zero-order valence-electron chi connectivity index (χ0n) is 22.1. The molecule has 1 aromatic heterocycles. The molecule has 196 valence electrons. The summed E-state index contributed by atoms with van der Waals surface area (Å²) in [5.74, 6) is 0.616. The summed E-state index contributed by atoms with van der Waals surface area (Å²) in [5, 5.41) is 12.3. The molecular weight excluding hydrogens is 478 g/mol. The average molecular weight is 512 g/mol. The summed E-state index contributed by atoms with van der Waals surface area (Å²) in [6, 6.07) is 17.8. The van der Waals surface area contributed by atoms with Crippen molar-refractivity contribution in [3.05, 3.63) is 82.9 Å². The maximum atomic E-state index is 12.7. The molecule has 2 aliphatic rings. The molecule has 0 spiro atoms. The maximum Gasteiger partial charge on any atom is 0.281 e. The number of amides is 1. The summed E-state index contributed by atoms with van der Waals surface area (Å²) in [6.45, 7) is 8.28. The Morgan fingerprint density at radius 2 is 1.68 bits per heavy atom. The van der Waals surface area contributed by atoms with E-state index in [-0.39, 0.29) is 11.8 Å². The molecule has 2 aliphatic heterocycles. The van der Waals surface area contributed by atoms with Crippen molar-refractivity contribution >= 4 is 5.91 Å². The van der Waals surface area contributed by atoms with Gasteiger partial charge in [0.1, 0.15) is 6.33 Å². The molecule has 3 heterocycles. The zero-order valence-corrected chi connectivity index (χ0v) is 22.1. The van der Waals surface area contributed by atoms with Crippen LogP contribution in [0, 0.1) is 31.1 Å². The summed E-state index contributed by atoms with van der Waals surface area (Å²) in [7, 11) is 0. The first kappa shape index (κ1) is 25.7. The van der Waals surface area contributed by atoms with Crippen molar-refractivity contribution < 1.29 is 14.3 Å². The second-order valence-electron chi connectivity index (χ2n) is 10.1. The van der Waals surface area contributed by atoms with Gasteiger partial charge in [-0.3, -0.25) is 4.79 Å². The molecule has 1 atom stereocenters. The molecule has 2 aromatic carbocycles. The molecule has 38 heavy (non-hydrogen) atoms. The topological polar surface area (TPSA) is 100 Å². The Morgan fingerprint density at radius 3 is 2.26 bits per heavy atom. The van der Waals surface area contributed by atoms with Crippen LogP contribution in [0.5, 0.6) is 11.5 Å². The van der Waals surface area contributed by atoms with E-state index in [1.165, 1.54) is 6.33 Å². The van der Waals surface area contributed by atoms with Gasteiger partial charge in [0.05, 0.1) is 28.6 Å². The van der Waals surface area contributed by atoms with Gasteiger partial charge in [0.25, 0.3) is 11.7 Å². The van der Waals surface area contributed by atoms with Crippen LogP contribution in [0.2, 0.25) is 0 Å². The number of aromatic nitrogens is 2. The summed E-state index contributed by atoms with van der Waals surface area (Å²) in [6.07, 6.45) is 4.15. The second kappa shape index (κ2) is 10.8. The summed E-state index contributed by atoms with van der Waals surface area (Å²) in [5.41, 5.74) is 3.49. The first-order valence-electron chi connectivity index (χ1n) is 13.2. The van der Waals surface area contributed by atoms with Crippen molar-refractivity contribution in [2.75, 3.05) is 19.6 Å². The van der Waals surface area contributed by atoms with Crippen molar-refractivity contribution in [1.29, 1.82) is 5.26 Å². The van der Waals surface area contributed by atoms with Crippen LogP contribution in [0.1, 0.15) is 59.1 Å². The minimum absolute atomic E-state index is 0.119. The first-order chi connectivity index (χ1) is 18.4. The number of carbonyl (C=O) groups excluding carboxylic acids is 1. The Bertz CT molecular complexity index is 1300. The number of ether oxygens (including phenoxy) is 2. The highest BCUT2D eigenvalue weighted by Gasteiger charge is 2.51. The predicted octanol–water partition coefficient (Wildman–Crippen LogP) is 4.51. The monoisotopic (exact) mass is 511 g/mol. The third-order valence-electron chi connectivity index (χ3n) is 7.78. The molecule has 1 unspecified atom stereocenters. The van der Waals surface area contributed by atoms with Crippen LogP contribution in [0.15, 0.2) is 54.9 Å². The Labute approximate surface area is 223 Å². The normalized spacial score (nSPS) is 17.5. The number of aryl methyl sites for hydroxylation is 2. The number of carbonyl (C=O) groups is 1. The molecule has 8 heteroatoms. The van der Waals surface area contributed by atoms with Crippen LogP contribution in [0.25, 0.3) is 0 Å². The van der Waals surface area contributed by atoms with Gasteiger partial charge in [-0.1, -0.05) is 12.1 Å². The van der Waals surface area contributed by atoms with E-state index in [0.717, 1.165) is 49.4 Å². The Balaban J connectivity index is 1.21. The van der Waals surface area contributed by atoms with Crippen LogP contribution < -0.4 is 14.8 Å². The van der Waals surface area contributed by atoms with Crippen LogP contribution in [0.3, 0.4) is 0 Å². The highest BCUT2D eigenvalue weighted by atomic mass is 16.7. The van der Waals surface area contributed by atoms with E-state index in [0.29, 0.717) is 35.1 Å². The molecule has 5 rings (SSSR count). The standard InChI is InChI=1S/C30H33N5O3/c1-20(12-15-32-29(36)28-21(2)33-19-34-22(28)3)35-16-13-25(14-17-35)30(24-10-8-23(18-31)9-11-24)37-26-6-4-5-7-27(26)38-30/h4-11,19-20,25H,12-17H2,1-3H3,(H,32,36). The SMILES string of the molecule is Cc1ncnc(C)c1C(=O)NCCC(C)N1CCC(C2(c3ccc(C#N)cc3)Oc3ccccc3O2)CC1. The fourth-order valence-corrected chi connectivity index (χ4v) is 5.57. The number of benzene rings is 2. The molecule has 1 N–H and O–H groups in total. The maximum absolute atomic E-state index is 12.7. The van der Waals surface area contributed by atoms with E-state index in [2.05, 4.69) is 33.2 Å². The van der Waals surface area contributed by atoms with E-state index >= 15 is 0 Å². The van der Waals surface area contributed by atoms with Gasteiger partial charge in [-0.2, -0.15) is 5.26 Å². The van der Waals surface area contributed by atoms with Gasteiger partial charge < -0.3 is 19.7 Å². The van der Waals surface area contributed by atoms with E-state index in [4.69, 9.17) is 9.47 Å². The minimum atomic E-state index is -0.908. The molecule has 0 aliphatic carbocycles. The first-order valence-corrected chi connectivity index (χ1v) is 13.2. The molecule has 0 radical (unpaired) electrons. The van der Waals surface area contributed by atoms with E-state index < -0.39 is 5.79 Å². The number of rotatable bonds is 7. The lowest BCUT2D eigenvalue weighted by atomic mass is 9.83. The number of nitrogens with zero attached hydrogens (tertiary/aromatic N) is 4. The Morgan fingerprint density at radius 1 is 1.08 bits per heavy atom. The lowest BCUT2D eigenvalue weighted by Crippen LogP contribution is -2.50. The molecule has 0 saturated carbocycles. The van der Waals surface area contributed by atoms with Crippen LogP contribution in [-0.2, 0) is 5.79 Å². The lowest BCUT2D eigenvalue weighted by Gasteiger charge is -2.42. The average Bonchev–Trinajstić information content (AvgIpc) is 3.34. The number of hydrogen-bond donors (Lipinski definition) is 1. The number of hydrogen-bond acceptors (Lipinski definition) is 7. The number of likely N-dealkylation sites (tertiary alicyclic amines) is 1. The van der Waals surface area contributed by atoms with E-state index in [9.17, 15) is 10.1 Å². The summed E-state index contributed by atoms with van der Waals surface area (Å²) >= 11 is 0. The van der Waals surface area contributed by atoms with Crippen molar-refractivity contribution in [2.24, 2.45) is 5.92 Å². The van der Waals surface area contributed by atoms with Gasteiger partial charge >= 0.3 is 0 Å². The third-order valence-corrected chi connectivity index (χ3v) is 7.78. The van der Waals surface area contributed by atoms with Crippen molar-refractivity contribution in [3.8, 4) is 17.6 Å². The highest BCUT2D eigenvalue weighted by molar-refractivity contribution is 5.96.